The van der Waals surface area contributed by atoms with Crippen molar-refractivity contribution >= 4 is 5.82 Å². The summed E-state index contributed by atoms with van der Waals surface area (Å²) >= 11 is 0. The molecule has 0 radical (unpaired) electrons. The normalized spacial score (nSPS) is 11.5. The summed E-state index contributed by atoms with van der Waals surface area (Å²) in [6, 6.07) is 2.72. The lowest BCUT2D eigenvalue weighted by molar-refractivity contribution is -0.139. The average Bonchev–Trinajstić information content (AvgIpc) is 2.44. The highest BCUT2D eigenvalue weighted by Gasteiger charge is 2.34. The third kappa shape index (κ3) is 3.48. The maximum absolute atomic E-state index is 13.6. The SMILES string of the molecule is CCCNc1nccnc1-c1ccc(C(F)(F)F)c(F)c1. The summed E-state index contributed by atoms with van der Waals surface area (Å²) in [4.78, 5) is 8.14. The van der Waals surface area contributed by atoms with Gasteiger partial charge >= 0.3 is 6.18 Å². The molecule has 0 aliphatic carbocycles. The predicted molar refractivity (Wildman–Crippen MR) is 71.2 cm³/mol. The zero-order valence-corrected chi connectivity index (χ0v) is 11.2. The molecule has 0 saturated heterocycles. The predicted octanol–water partition coefficient (Wildman–Crippen LogP) is 4.12. The van der Waals surface area contributed by atoms with Crippen LogP contribution >= 0.6 is 0 Å². The van der Waals surface area contributed by atoms with Crippen LogP contribution in [-0.2, 0) is 6.18 Å². The van der Waals surface area contributed by atoms with Crippen molar-refractivity contribution in [2.24, 2.45) is 0 Å². The van der Waals surface area contributed by atoms with E-state index in [4.69, 9.17) is 0 Å². The van der Waals surface area contributed by atoms with Crippen LogP contribution in [0.15, 0.2) is 30.6 Å². The monoisotopic (exact) mass is 299 g/mol. The van der Waals surface area contributed by atoms with Crippen LogP contribution in [0.25, 0.3) is 11.3 Å². The number of halogens is 4. The standard InChI is InChI=1S/C14H13F4N3/c1-2-5-20-13-12(19-6-7-21-13)9-3-4-10(11(15)8-9)14(16,17)18/h3-4,6-8H,2,5H2,1H3,(H,20,21). The van der Waals surface area contributed by atoms with Gasteiger partial charge in [-0.3, -0.25) is 4.98 Å². The van der Waals surface area contributed by atoms with E-state index in [9.17, 15) is 17.6 Å². The Labute approximate surface area is 119 Å². The first-order chi connectivity index (χ1) is 9.93. The Kier molecular flexibility index (Phi) is 4.40. The van der Waals surface area contributed by atoms with Crippen LogP contribution in [-0.4, -0.2) is 16.5 Å². The van der Waals surface area contributed by atoms with E-state index >= 15 is 0 Å². The second-order valence-corrected chi connectivity index (χ2v) is 4.37. The van der Waals surface area contributed by atoms with E-state index in [1.807, 2.05) is 6.92 Å². The van der Waals surface area contributed by atoms with E-state index in [1.165, 1.54) is 18.5 Å². The quantitative estimate of drug-likeness (QED) is 0.863. The van der Waals surface area contributed by atoms with Crippen molar-refractivity contribution in [3.05, 3.63) is 42.0 Å². The lowest BCUT2D eigenvalue weighted by Crippen LogP contribution is -2.08. The van der Waals surface area contributed by atoms with E-state index in [0.717, 1.165) is 12.5 Å². The van der Waals surface area contributed by atoms with Crippen LogP contribution < -0.4 is 5.32 Å². The van der Waals surface area contributed by atoms with Crippen molar-refractivity contribution in [3.63, 3.8) is 0 Å². The summed E-state index contributed by atoms with van der Waals surface area (Å²) in [7, 11) is 0. The molecule has 1 N–H and O–H groups in total. The van der Waals surface area contributed by atoms with Crippen LogP contribution in [0, 0.1) is 5.82 Å². The highest BCUT2D eigenvalue weighted by atomic mass is 19.4. The number of nitrogens with one attached hydrogen (secondary N) is 1. The fourth-order valence-corrected chi connectivity index (χ4v) is 1.81. The molecule has 21 heavy (non-hydrogen) atoms. The van der Waals surface area contributed by atoms with Gasteiger partial charge in [0, 0.05) is 24.5 Å². The fourth-order valence-electron chi connectivity index (χ4n) is 1.81. The van der Waals surface area contributed by atoms with Crippen molar-refractivity contribution in [1.29, 1.82) is 0 Å². The van der Waals surface area contributed by atoms with Crippen molar-refractivity contribution in [2.45, 2.75) is 19.5 Å². The van der Waals surface area contributed by atoms with Crippen molar-refractivity contribution in [2.75, 3.05) is 11.9 Å². The molecule has 1 heterocycles. The van der Waals surface area contributed by atoms with Crippen LogP contribution in [0.1, 0.15) is 18.9 Å². The molecule has 0 bridgehead atoms. The summed E-state index contributed by atoms with van der Waals surface area (Å²) in [5.74, 6) is -0.911. The number of anilines is 1. The van der Waals surface area contributed by atoms with Gasteiger partial charge in [0.2, 0.25) is 0 Å². The first-order valence-electron chi connectivity index (χ1n) is 6.35. The summed E-state index contributed by atoms with van der Waals surface area (Å²) in [6.07, 6.45) is -1.00. The van der Waals surface area contributed by atoms with Crippen molar-refractivity contribution in [1.82, 2.24) is 9.97 Å². The molecule has 0 atom stereocenters. The topological polar surface area (TPSA) is 37.8 Å². The minimum atomic E-state index is -4.71. The number of hydrogen-bond donors (Lipinski definition) is 1. The summed E-state index contributed by atoms with van der Waals surface area (Å²) in [5.41, 5.74) is -0.732. The molecule has 0 amide bonds. The molecular formula is C14H13F4N3. The van der Waals surface area contributed by atoms with E-state index in [0.29, 0.717) is 24.1 Å². The summed E-state index contributed by atoms with van der Waals surface area (Å²) in [6.45, 7) is 2.59. The van der Waals surface area contributed by atoms with Gasteiger partial charge < -0.3 is 5.32 Å². The van der Waals surface area contributed by atoms with E-state index in [2.05, 4.69) is 15.3 Å². The van der Waals surface area contributed by atoms with Crippen molar-refractivity contribution < 1.29 is 17.6 Å². The molecular weight excluding hydrogens is 286 g/mol. The second-order valence-electron chi connectivity index (χ2n) is 4.37. The average molecular weight is 299 g/mol. The van der Waals surface area contributed by atoms with E-state index in [1.54, 1.807) is 0 Å². The Bertz CT molecular complexity index is 626. The van der Waals surface area contributed by atoms with Gasteiger partial charge in [0.05, 0.1) is 5.56 Å². The van der Waals surface area contributed by atoms with Gasteiger partial charge in [0.25, 0.3) is 0 Å². The number of hydrogen-bond acceptors (Lipinski definition) is 3. The van der Waals surface area contributed by atoms with Crippen LogP contribution in [0.5, 0.6) is 0 Å². The number of aromatic nitrogens is 2. The van der Waals surface area contributed by atoms with Crippen LogP contribution in [0.2, 0.25) is 0 Å². The maximum Gasteiger partial charge on any atom is 0.419 e. The number of alkyl halides is 3. The lowest BCUT2D eigenvalue weighted by atomic mass is 10.1. The Morgan fingerprint density at radius 2 is 1.86 bits per heavy atom. The molecule has 2 rings (SSSR count). The highest BCUT2D eigenvalue weighted by Crippen LogP contribution is 2.34. The molecule has 0 aliphatic heterocycles. The van der Waals surface area contributed by atoms with E-state index in [-0.39, 0.29) is 5.56 Å². The number of nitrogens with zero attached hydrogens (tertiary/aromatic N) is 2. The van der Waals surface area contributed by atoms with Gasteiger partial charge in [0.15, 0.2) is 5.82 Å². The molecule has 7 heteroatoms. The van der Waals surface area contributed by atoms with Gasteiger partial charge in [-0.15, -0.1) is 0 Å². The molecule has 1 aromatic carbocycles. The van der Waals surface area contributed by atoms with Crippen molar-refractivity contribution in [3.8, 4) is 11.3 Å². The smallest absolute Gasteiger partial charge is 0.368 e. The lowest BCUT2D eigenvalue weighted by Gasteiger charge is -2.11. The fraction of sp³-hybridized carbons (Fsp3) is 0.286. The Morgan fingerprint density at radius 1 is 1.14 bits per heavy atom. The van der Waals surface area contributed by atoms with Gasteiger partial charge in [-0.2, -0.15) is 13.2 Å². The zero-order valence-electron chi connectivity index (χ0n) is 11.2. The molecule has 2 aromatic rings. The number of benzene rings is 1. The Hall–Kier alpha value is -2.18. The minimum Gasteiger partial charge on any atom is -0.368 e. The molecule has 0 fully saturated rings. The molecule has 0 saturated carbocycles. The molecule has 0 spiro atoms. The third-order valence-corrected chi connectivity index (χ3v) is 2.79. The van der Waals surface area contributed by atoms with Crippen LogP contribution in [0.3, 0.4) is 0 Å². The van der Waals surface area contributed by atoms with Gasteiger partial charge in [0.1, 0.15) is 11.5 Å². The molecule has 112 valence electrons. The van der Waals surface area contributed by atoms with Gasteiger partial charge in [-0.05, 0) is 18.6 Å². The molecule has 0 aliphatic rings. The largest absolute Gasteiger partial charge is 0.419 e. The van der Waals surface area contributed by atoms with Gasteiger partial charge in [-0.25, -0.2) is 9.37 Å². The summed E-state index contributed by atoms with van der Waals surface area (Å²) < 4.78 is 51.3. The summed E-state index contributed by atoms with van der Waals surface area (Å²) in [5, 5.41) is 3.01. The van der Waals surface area contributed by atoms with E-state index < -0.39 is 17.6 Å². The highest BCUT2D eigenvalue weighted by molar-refractivity contribution is 5.71. The van der Waals surface area contributed by atoms with Crippen LogP contribution in [0.4, 0.5) is 23.4 Å². The second kappa shape index (κ2) is 6.07. The third-order valence-electron chi connectivity index (χ3n) is 2.79. The molecule has 3 nitrogen and oxygen atoms in total. The minimum absolute atomic E-state index is 0.243. The maximum atomic E-state index is 13.6. The Balaban J connectivity index is 2.41. The molecule has 0 unspecified atom stereocenters. The first-order valence-corrected chi connectivity index (χ1v) is 6.35. The Morgan fingerprint density at radius 3 is 2.48 bits per heavy atom. The number of rotatable bonds is 4. The van der Waals surface area contributed by atoms with Gasteiger partial charge in [-0.1, -0.05) is 13.0 Å². The first kappa shape index (κ1) is 15.2. The zero-order chi connectivity index (χ0) is 15.5. The molecule has 1 aromatic heterocycles.